The Morgan fingerprint density at radius 3 is 2.61 bits per heavy atom. The van der Waals surface area contributed by atoms with Crippen molar-refractivity contribution in [3.05, 3.63) is 30.1 Å². The zero-order valence-electron chi connectivity index (χ0n) is 11.0. The number of carbonyl (C=O) groups excluding carboxylic acids is 1. The lowest BCUT2D eigenvalue weighted by Crippen LogP contribution is -2.39. The maximum Gasteiger partial charge on any atom is 0.363 e. The first-order valence-electron chi connectivity index (χ1n) is 5.86. The van der Waals surface area contributed by atoms with E-state index in [1.54, 1.807) is 26.5 Å². The Morgan fingerprint density at radius 2 is 2.11 bits per heavy atom. The molecular formula is C12H19NO4Si. The van der Waals surface area contributed by atoms with Crippen molar-refractivity contribution >= 4 is 15.3 Å². The zero-order valence-corrected chi connectivity index (χ0v) is 12.1. The molecule has 1 unspecified atom stereocenters. The molecule has 0 amide bonds. The minimum absolute atomic E-state index is 0.173. The lowest BCUT2D eigenvalue weighted by Gasteiger charge is -2.21. The van der Waals surface area contributed by atoms with Gasteiger partial charge in [-0.25, -0.2) is 0 Å². The highest BCUT2D eigenvalue weighted by atomic mass is 28.3. The van der Waals surface area contributed by atoms with E-state index >= 15 is 0 Å². The van der Waals surface area contributed by atoms with Crippen LogP contribution in [0.5, 0.6) is 0 Å². The third kappa shape index (κ3) is 4.56. The summed E-state index contributed by atoms with van der Waals surface area (Å²) in [7, 11) is 1.22. The molecule has 18 heavy (non-hydrogen) atoms. The number of hydrogen-bond acceptors (Lipinski definition) is 5. The topological polar surface area (TPSA) is 57.7 Å². The van der Waals surface area contributed by atoms with Gasteiger partial charge in [0.2, 0.25) is 0 Å². The van der Waals surface area contributed by atoms with E-state index in [1.165, 1.54) is 0 Å². The second-order valence-electron chi connectivity index (χ2n) is 3.77. The normalized spacial score (nSPS) is 12.4. The van der Waals surface area contributed by atoms with Crippen molar-refractivity contribution in [2.75, 3.05) is 14.2 Å². The lowest BCUT2D eigenvalue weighted by atomic mass is 10.3. The minimum atomic E-state index is -1.93. The quantitative estimate of drug-likeness (QED) is 0.546. The largest absolute Gasteiger partial charge is 0.460 e. The first kappa shape index (κ1) is 14.8. The maximum atomic E-state index is 11.8. The standard InChI is InChI=1S/C12H19NO4Si/c1-4-12(18(15-2)16-3)17-11(14)9-10-7-5-6-8-13-10/h5-8,12,18H,4,9H2,1-3H3. The van der Waals surface area contributed by atoms with Gasteiger partial charge in [-0.2, -0.15) is 0 Å². The van der Waals surface area contributed by atoms with Crippen LogP contribution in [0.15, 0.2) is 24.4 Å². The van der Waals surface area contributed by atoms with Crippen molar-refractivity contribution < 1.29 is 18.4 Å². The van der Waals surface area contributed by atoms with Crippen molar-refractivity contribution in [1.82, 2.24) is 4.98 Å². The van der Waals surface area contributed by atoms with Crippen LogP contribution in [0.1, 0.15) is 19.0 Å². The van der Waals surface area contributed by atoms with Crippen molar-refractivity contribution in [2.45, 2.75) is 25.5 Å². The van der Waals surface area contributed by atoms with E-state index < -0.39 is 9.28 Å². The SMILES string of the molecule is CCC(OC(=O)Cc1ccccn1)[SiH](OC)OC. The Kier molecular flexibility index (Phi) is 6.56. The molecule has 0 aliphatic carbocycles. The van der Waals surface area contributed by atoms with Crippen molar-refractivity contribution in [1.29, 1.82) is 0 Å². The highest BCUT2D eigenvalue weighted by Crippen LogP contribution is 2.07. The summed E-state index contributed by atoms with van der Waals surface area (Å²) in [6.07, 6.45) is 2.51. The van der Waals surface area contributed by atoms with Crippen LogP contribution in [0.3, 0.4) is 0 Å². The van der Waals surface area contributed by atoms with Crippen molar-refractivity contribution in [3.63, 3.8) is 0 Å². The Morgan fingerprint density at radius 1 is 1.39 bits per heavy atom. The molecule has 0 N–H and O–H groups in total. The van der Waals surface area contributed by atoms with Crippen molar-refractivity contribution in [3.8, 4) is 0 Å². The zero-order chi connectivity index (χ0) is 13.4. The molecule has 0 aliphatic rings. The van der Waals surface area contributed by atoms with E-state index in [9.17, 15) is 4.79 Å². The molecule has 1 heterocycles. The molecule has 0 aromatic carbocycles. The van der Waals surface area contributed by atoms with E-state index in [-0.39, 0.29) is 18.1 Å². The number of esters is 1. The van der Waals surface area contributed by atoms with E-state index in [4.69, 9.17) is 13.6 Å². The summed E-state index contributed by atoms with van der Waals surface area (Å²) in [5.74, 6) is -0.299. The molecule has 0 fully saturated rings. The predicted molar refractivity (Wildman–Crippen MR) is 69.3 cm³/mol. The van der Waals surface area contributed by atoms with Crippen molar-refractivity contribution in [2.24, 2.45) is 0 Å². The summed E-state index contributed by atoms with van der Waals surface area (Å²) in [5.41, 5.74) is 0.432. The van der Waals surface area contributed by atoms with Gasteiger partial charge in [-0.15, -0.1) is 0 Å². The second-order valence-corrected chi connectivity index (χ2v) is 6.20. The highest BCUT2D eigenvalue weighted by molar-refractivity contribution is 6.46. The molecule has 6 heteroatoms. The molecule has 0 radical (unpaired) electrons. The van der Waals surface area contributed by atoms with Gasteiger partial charge in [0.05, 0.1) is 12.1 Å². The Bertz CT molecular complexity index is 356. The van der Waals surface area contributed by atoms with Crippen LogP contribution in [-0.4, -0.2) is 40.2 Å². The molecule has 0 aliphatic heterocycles. The van der Waals surface area contributed by atoms with Crippen LogP contribution in [-0.2, 0) is 24.8 Å². The average Bonchev–Trinajstić information content (AvgIpc) is 2.40. The average molecular weight is 269 g/mol. The van der Waals surface area contributed by atoms with Crippen LogP contribution in [0.4, 0.5) is 0 Å². The molecule has 100 valence electrons. The van der Waals surface area contributed by atoms with Gasteiger partial charge in [-0.1, -0.05) is 13.0 Å². The van der Waals surface area contributed by atoms with Gasteiger partial charge >= 0.3 is 15.3 Å². The molecule has 0 spiro atoms. The van der Waals surface area contributed by atoms with Gasteiger partial charge < -0.3 is 13.6 Å². The van der Waals surface area contributed by atoms with Crippen LogP contribution in [0.25, 0.3) is 0 Å². The van der Waals surface area contributed by atoms with Gasteiger partial charge in [0.25, 0.3) is 0 Å². The number of hydrogen-bond donors (Lipinski definition) is 0. The molecule has 0 bridgehead atoms. The van der Waals surface area contributed by atoms with Gasteiger partial charge in [0.15, 0.2) is 0 Å². The smallest absolute Gasteiger partial charge is 0.363 e. The summed E-state index contributed by atoms with van der Waals surface area (Å²) in [6, 6.07) is 5.45. The molecule has 0 saturated carbocycles. The molecule has 1 atom stereocenters. The fourth-order valence-corrected chi connectivity index (χ4v) is 3.04. The lowest BCUT2D eigenvalue weighted by molar-refractivity contribution is -0.146. The number of pyridine rings is 1. The Balaban J connectivity index is 2.52. The van der Waals surface area contributed by atoms with E-state index in [0.717, 1.165) is 0 Å². The number of ether oxygens (including phenoxy) is 1. The molecular weight excluding hydrogens is 250 g/mol. The van der Waals surface area contributed by atoms with E-state index in [0.29, 0.717) is 12.1 Å². The van der Waals surface area contributed by atoms with Crippen LogP contribution >= 0.6 is 0 Å². The van der Waals surface area contributed by atoms with E-state index in [2.05, 4.69) is 4.98 Å². The Labute approximate surface area is 109 Å². The summed E-state index contributed by atoms with van der Waals surface area (Å²) in [6.45, 7) is 1.94. The third-order valence-corrected chi connectivity index (χ3v) is 4.65. The fourth-order valence-electron chi connectivity index (χ4n) is 1.59. The summed E-state index contributed by atoms with van der Waals surface area (Å²) in [4.78, 5) is 15.9. The predicted octanol–water partition coefficient (Wildman–Crippen LogP) is 0.998. The molecule has 1 aromatic rings. The van der Waals surface area contributed by atoms with Gasteiger partial charge in [0, 0.05) is 20.4 Å². The first-order valence-corrected chi connectivity index (χ1v) is 7.47. The van der Waals surface area contributed by atoms with Gasteiger partial charge in [0.1, 0.15) is 5.73 Å². The number of aromatic nitrogens is 1. The van der Waals surface area contributed by atoms with Crippen LogP contribution < -0.4 is 0 Å². The third-order valence-electron chi connectivity index (χ3n) is 2.50. The van der Waals surface area contributed by atoms with Gasteiger partial charge in [-0.05, 0) is 18.6 Å². The monoisotopic (exact) mass is 269 g/mol. The highest BCUT2D eigenvalue weighted by Gasteiger charge is 2.26. The Hall–Kier alpha value is -1.24. The first-order chi connectivity index (χ1) is 8.71. The summed E-state index contributed by atoms with van der Waals surface area (Å²) >= 11 is 0. The number of rotatable bonds is 7. The minimum Gasteiger partial charge on any atom is -0.460 e. The maximum absolute atomic E-state index is 11.8. The number of nitrogens with zero attached hydrogens (tertiary/aromatic N) is 1. The summed E-state index contributed by atoms with van der Waals surface area (Å²) in [5, 5.41) is 0. The molecule has 1 rings (SSSR count). The second kappa shape index (κ2) is 7.96. The summed E-state index contributed by atoms with van der Waals surface area (Å²) < 4.78 is 15.8. The van der Waals surface area contributed by atoms with E-state index in [1.807, 2.05) is 19.1 Å². The molecule has 5 nitrogen and oxygen atoms in total. The molecule has 0 saturated heterocycles. The van der Waals surface area contributed by atoms with Gasteiger partial charge in [-0.3, -0.25) is 9.78 Å². The fraction of sp³-hybridized carbons (Fsp3) is 0.500. The van der Waals surface area contributed by atoms with Crippen LogP contribution in [0, 0.1) is 0 Å². The number of carbonyl (C=O) groups is 1. The van der Waals surface area contributed by atoms with Crippen LogP contribution in [0.2, 0.25) is 0 Å². The molecule has 1 aromatic heterocycles.